The van der Waals surface area contributed by atoms with Crippen molar-refractivity contribution in [3.8, 4) is 0 Å². The molecule has 326 valence electrons. The molecule has 0 radical (unpaired) electrons. The Morgan fingerprint density at radius 3 is 2.23 bits per heavy atom. The summed E-state index contributed by atoms with van der Waals surface area (Å²) < 4.78 is 1.57. The van der Waals surface area contributed by atoms with E-state index in [2.05, 4.69) is 151 Å². The van der Waals surface area contributed by atoms with Gasteiger partial charge in [-0.25, -0.2) is 0 Å². The molecule has 3 atom stereocenters. The van der Waals surface area contributed by atoms with Crippen molar-refractivity contribution in [1.82, 2.24) is 0 Å². The molecular formula is C57H79BN2S. The first-order valence-electron chi connectivity index (χ1n) is 25.3. The molecule has 2 heterocycles. The summed E-state index contributed by atoms with van der Waals surface area (Å²) in [5.74, 6) is 4.50. The first-order chi connectivity index (χ1) is 29.3. The van der Waals surface area contributed by atoms with Gasteiger partial charge < -0.3 is 10.2 Å². The Balaban J connectivity index is 1.34. The van der Waals surface area contributed by atoms with Crippen LogP contribution in [0.1, 0.15) is 193 Å². The third-order valence-electron chi connectivity index (χ3n) is 17.4. The molecule has 4 heteroatoms. The minimum absolute atomic E-state index is 0.0867. The lowest BCUT2D eigenvalue weighted by molar-refractivity contribution is -0.00514. The summed E-state index contributed by atoms with van der Waals surface area (Å²) in [7, 11) is 0. The third kappa shape index (κ3) is 7.67. The molecular weight excluding hydrogens is 756 g/mol. The van der Waals surface area contributed by atoms with Gasteiger partial charge in [0, 0.05) is 33.3 Å². The number of hydrogen-bond donors (Lipinski definition) is 1. The highest BCUT2D eigenvalue weighted by atomic mass is 32.1. The minimum atomic E-state index is 0.0867. The second-order valence-corrected chi connectivity index (χ2v) is 23.7. The van der Waals surface area contributed by atoms with Crippen molar-refractivity contribution >= 4 is 50.8 Å². The van der Waals surface area contributed by atoms with Gasteiger partial charge in [-0.05, 0) is 183 Å². The number of unbranched alkanes of at least 4 members (excludes halogenated alkanes) is 1. The second-order valence-electron chi connectivity index (χ2n) is 22.6. The van der Waals surface area contributed by atoms with Crippen LogP contribution in [-0.2, 0) is 16.2 Å². The highest BCUT2D eigenvalue weighted by molar-refractivity contribution is 7.29. The Labute approximate surface area is 376 Å². The molecule has 4 bridgehead atoms. The smallest absolute Gasteiger partial charge is 0.262 e. The molecule has 3 unspecified atom stereocenters. The fraction of sp³-hybridized carbons (Fsp3) is 0.614. The summed E-state index contributed by atoms with van der Waals surface area (Å²) in [5.41, 5.74) is 15.8. The molecule has 4 fully saturated rings. The predicted molar refractivity (Wildman–Crippen MR) is 269 cm³/mol. The van der Waals surface area contributed by atoms with Gasteiger partial charge in [-0.1, -0.05) is 129 Å². The number of nitrogens with one attached hydrogen (secondary N) is 1. The Morgan fingerprint density at radius 1 is 0.902 bits per heavy atom. The van der Waals surface area contributed by atoms with Gasteiger partial charge in [0.25, 0.3) is 6.71 Å². The Hall–Kier alpha value is -2.98. The number of anilines is 3. The zero-order valence-electron chi connectivity index (χ0n) is 40.0. The van der Waals surface area contributed by atoms with E-state index in [4.69, 9.17) is 0 Å². The fourth-order valence-electron chi connectivity index (χ4n) is 13.9. The number of rotatable bonds is 14. The number of nitrogens with zero attached hydrogens (tertiary/aromatic N) is 1. The summed E-state index contributed by atoms with van der Waals surface area (Å²) in [4.78, 5) is 4.54. The molecule has 1 aliphatic heterocycles. The van der Waals surface area contributed by atoms with Crippen LogP contribution in [0, 0.1) is 29.6 Å². The van der Waals surface area contributed by atoms with Crippen molar-refractivity contribution in [1.29, 1.82) is 0 Å². The van der Waals surface area contributed by atoms with Crippen LogP contribution >= 0.6 is 11.3 Å². The van der Waals surface area contributed by atoms with Crippen LogP contribution in [0.5, 0.6) is 0 Å². The summed E-state index contributed by atoms with van der Waals surface area (Å²) in [6, 6.07) is 15.6. The molecule has 7 aliphatic rings. The molecule has 1 N–H and O–H groups in total. The van der Waals surface area contributed by atoms with E-state index in [0.29, 0.717) is 23.2 Å². The SMILES string of the molecule is C/C=C/CCNc1cc(C23CC4CC(CC(C4)C2)C3)cc2c1B(c1ccc(C(C)CCCC)cc1)c1sc3c(c1N2C1=CCC(CC)C(C(C)CC)=C1)C(C)(C)CCC3(C)C. The van der Waals surface area contributed by atoms with Crippen LogP contribution in [0.2, 0.25) is 0 Å². The minimum Gasteiger partial charge on any atom is -0.385 e. The van der Waals surface area contributed by atoms with E-state index in [1.165, 1.54) is 117 Å². The molecule has 61 heavy (non-hydrogen) atoms. The van der Waals surface area contributed by atoms with Crippen LogP contribution in [0.15, 0.2) is 72.0 Å². The van der Waals surface area contributed by atoms with Crippen LogP contribution in [-0.4, -0.2) is 13.3 Å². The van der Waals surface area contributed by atoms with E-state index in [1.807, 2.05) is 0 Å². The molecule has 0 amide bonds. The molecule has 4 saturated carbocycles. The molecule has 2 nitrogen and oxygen atoms in total. The molecule has 2 aromatic carbocycles. The van der Waals surface area contributed by atoms with E-state index in [0.717, 1.165) is 37.1 Å². The zero-order valence-corrected chi connectivity index (χ0v) is 40.8. The summed E-state index contributed by atoms with van der Waals surface area (Å²) in [6.07, 6.45) is 29.4. The average molecular weight is 835 g/mol. The lowest BCUT2D eigenvalue weighted by Crippen LogP contribution is -2.58. The van der Waals surface area contributed by atoms with Crippen molar-refractivity contribution in [2.75, 3.05) is 16.8 Å². The predicted octanol–water partition coefficient (Wildman–Crippen LogP) is 14.5. The van der Waals surface area contributed by atoms with E-state index < -0.39 is 0 Å². The Kier molecular flexibility index (Phi) is 12.0. The summed E-state index contributed by atoms with van der Waals surface area (Å²) in [6.45, 7) is 25.6. The van der Waals surface area contributed by atoms with E-state index >= 15 is 0 Å². The Morgan fingerprint density at radius 2 is 1.59 bits per heavy atom. The molecule has 6 aliphatic carbocycles. The lowest BCUT2D eigenvalue weighted by Gasteiger charge is -2.57. The molecule has 3 aromatic rings. The Bertz CT molecular complexity index is 2140. The number of allylic oxidation sites excluding steroid dienone is 4. The first kappa shape index (κ1) is 43.3. The lowest BCUT2D eigenvalue weighted by atomic mass is 9.37. The van der Waals surface area contributed by atoms with Gasteiger partial charge in [0.15, 0.2) is 0 Å². The standard InChI is InChI=1S/C57H79BN2S/c1-11-15-17-27-59-48-31-44(57-34-39-28-40(35-57)30-41(29-39)36-57)32-49-51(48)58(45-22-19-43(20-23-45)38(6)18-16-12-2)54-52(50-53(61-54)56(9,10)26-25-55(50,7)8)60(49)46-24-21-42(14-4)47(33-46)37(5)13-3/h11,15,19-20,22-24,31-33,37-42,59H,12-14,16-18,21,25-30,34-36H2,1-10H3/b15-11+. The van der Waals surface area contributed by atoms with Crippen molar-refractivity contribution in [2.24, 2.45) is 29.6 Å². The largest absolute Gasteiger partial charge is 0.385 e. The first-order valence-corrected chi connectivity index (χ1v) is 26.2. The van der Waals surface area contributed by atoms with Crippen LogP contribution in [0.25, 0.3) is 0 Å². The monoisotopic (exact) mass is 835 g/mol. The topological polar surface area (TPSA) is 15.3 Å². The maximum absolute atomic E-state index is 4.23. The van der Waals surface area contributed by atoms with Crippen molar-refractivity contribution < 1.29 is 0 Å². The third-order valence-corrected chi connectivity index (χ3v) is 19.0. The number of benzene rings is 2. The van der Waals surface area contributed by atoms with Crippen molar-refractivity contribution in [3.05, 3.63) is 93.5 Å². The summed E-state index contributed by atoms with van der Waals surface area (Å²) >= 11 is 2.18. The van der Waals surface area contributed by atoms with Crippen LogP contribution in [0.3, 0.4) is 0 Å². The number of hydrogen-bond acceptors (Lipinski definition) is 3. The maximum Gasteiger partial charge on any atom is 0.262 e. The normalized spacial score (nSPS) is 28.0. The average Bonchev–Trinajstić information content (AvgIpc) is 3.67. The highest BCUT2D eigenvalue weighted by Crippen LogP contribution is 2.62. The number of fused-ring (bicyclic) bond motifs is 4. The van der Waals surface area contributed by atoms with Gasteiger partial charge in [-0.3, -0.25) is 0 Å². The van der Waals surface area contributed by atoms with Crippen LogP contribution in [0.4, 0.5) is 17.1 Å². The molecule has 0 spiro atoms. The number of thiophene rings is 1. The van der Waals surface area contributed by atoms with Crippen molar-refractivity contribution in [2.45, 2.75) is 188 Å². The van der Waals surface area contributed by atoms with Gasteiger partial charge in [0.1, 0.15) is 0 Å². The van der Waals surface area contributed by atoms with Gasteiger partial charge >= 0.3 is 0 Å². The van der Waals surface area contributed by atoms with Gasteiger partial charge in [-0.15, -0.1) is 0 Å². The van der Waals surface area contributed by atoms with Crippen LogP contribution < -0.4 is 25.9 Å². The molecule has 10 rings (SSSR count). The zero-order chi connectivity index (χ0) is 42.8. The molecule has 0 saturated heterocycles. The van der Waals surface area contributed by atoms with Crippen molar-refractivity contribution in [3.63, 3.8) is 0 Å². The van der Waals surface area contributed by atoms with Gasteiger partial charge in [-0.2, -0.15) is 11.3 Å². The van der Waals surface area contributed by atoms with E-state index in [9.17, 15) is 0 Å². The quantitative estimate of drug-likeness (QED) is 0.0989. The van der Waals surface area contributed by atoms with E-state index in [-0.39, 0.29) is 17.5 Å². The summed E-state index contributed by atoms with van der Waals surface area (Å²) in [5, 5.41) is 4.23. The van der Waals surface area contributed by atoms with Gasteiger partial charge in [0.05, 0.1) is 5.69 Å². The maximum atomic E-state index is 4.23. The highest BCUT2D eigenvalue weighted by Gasteiger charge is 2.53. The van der Waals surface area contributed by atoms with Gasteiger partial charge in [0.2, 0.25) is 0 Å². The van der Waals surface area contributed by atoms with E-state index in [1.54, 1.807) is 32.0 Å². The molecule has 1 aromatic heterocycles. The second kappa shape index (κ2) is 16.9. The fourth-order valence-corrected chi connectivity index (χ4v) is 15.7.